The van der Waals surface area contributed by atoms with Crippen LogP contribution >= 0.6 is 0 Å². The lowest BCUT2D eigenvalue weighted by atomic mass is 10.0. The second-order valence-corrected chi connectivity index (χ2v) is 6.08. The van der Waals surface area contributed by atoms with Crippen molar-refractivity contribution in [2.75, 3.05) is 6.61 Å². The first-order chi connectivity index (χ1) is 13.7. The van der Waals surface area contributed by atoms with E-state index in [0.29, 0.717) is 11.3 Å². The minimum Gasteiger partial charge on any atom is -0.482 e. The fourth-order valence-corrected chi connectivity index (χ4v) is 2.88. The van der Waals surface area contributed by atoms with Crippen LogP contribution in [0.4, 0.5) is 0 Å². The third kappa shape index (κ3) is 3.94. The van der Waals surface area contributed by atoms with Crippen LogP contribution in [-0.4, -0.2) is 12.6 Å². The van der Waals surface area contributed by atoms with Gasteiger partial charge in [-0.1, -0.05) is 48.5 Å². The van der Waals surface area contributed by atoms with E-state index >= 15 is 0 Å². The lowest BCUT2D eigenvalue weighted by molar-refractivity contribution is -0.136. The van der Waals surface area contributed by atoms with Crippen molar-refractivity contribution in [3.63, 3.8) is 0 Å². The molecular weight excluding hydrogens is 356 g/mol. The SMILES string of the molecule is O=C(COc1ccccc1)Oc1ccc2c(-c3ccccc3)cc(=O)oc2c1. The molecule has 4 rings (SSSR count). The summed E-state index contributed by atoms with van der Waals surface area (Å²) in [7, 11) is 0. The molecule has 1 heterocycles. The molecule has 28 heavy (non-hydrogen) atoms. The smallest absolute Gasteiger partial charge is 0.349 e. The molecule has 0 unspecified atom stereocenters. The van der Waals surface area contributed by atoms with Gasteiger partial charge in [-0.25, -0.2) is 9.59 Å². The monoisotopic (exact) mass is 372 g/mol. The Morgan fingerprint density at radius 3 is 2.29 bits per heavy atom. The number of esters is 1. The summed E-state index contributed by atoms with van der Waals surface area (Å²) in [6.45, 7) is -0.226. The Morgan fingerprint density at radius 2 is 1.54 bits per heavy atom. The molecule has 138 valence electrons. The van der Waals surface area contributed by atoms with E-state index in [1.54, 1.807) is 24.3 Å². The number of hydrogen-bond acceptors (Lipinski definition) is 5. The van der Waals surface area contributed by atoms with Gasteiger partial charge in [0.1, 0.15) is 17.1 Å². The predicted molar refractivity (Wildman–Crippen MR) is 105 cm³/mol. The minimum atomic E-state index is -0.551. The molecule has 0 atom stereocenters. The van der Waals surface area contributed by atoms with E-state index in [-0.39, 0.29) is 12.4 Å². The number of carbonyl (C=O) groups excluding carboxylic acids is 1. The second kappa shape index (κ2) is 7.80. The van der Waals surface area contributed by atoms with Gasteiger partial charge in [-0.05, 0) is 35.4 Å². The number of carbonyl (C=O) groups is 1. The molecule has 0 spiro atoms. The zero-order chi connectivity index (χ0) is 19.3. The fraction of sp³-hybridized carbons (Fsp3) is 0.0435. The second-order valence-electron chi connectivity index (χ2n) is 6.08. The molecule has 0 fully saturated rings. The van der Waals surface area contributed by atoms with Crippen LogP contribution in [0.1, 0.15) is 0 Å². The van der Waals surface area contributed by atoms with E-state index in [1.807, 2.05) is 48.5 Å². The minimum absolute atomic E-state index is 0.226. The van der Waals surface area contributed by atoms with Crippen molar-refractivity contribution in [3.8, 4) is 22.6 Å². The first-order valence-electron chi connectivity index (χ1n) is 8.71. The number of fused-ring (bicyclic) bond motifs is 1. The van der Waals surface area contributed by atoms with Gasteiger partial charge in [0.25, 0.3) is 0 Å². The number of rotatable bonds is 5. The first-order valence-corrected chi connectivity index (χ1v) is 8.71. The zero-order valence-corrected chi connectivity index (χ0v) is 14.8. The van der Waals surface area contributed by atoms with Crippen molar-refractivity contribution >= 4 is 16.9 Å². The molecule has 3 aromatic carbocycles. The average molecular weight is 372 g/mol. The Labute approximate surface area is 160 Å². The van der Waals surface area contributed by atoms with E-state index in [9.17, 15) is 9.59 Å². The van der Waals surface area contributed by atoms with Crippen LogP contribution in [0.2, 0.25) is 0 Å². The third-order valence-corrected chi connectivity index (χ3v) is 4.13. The van der Waals surface area contributed by atoms with Crippen LogP contribution in [-0.2, 0) is 4.79 Å². The number of para-hydroxylation sites is 1. The molecule has 0 saturated carbocycles. The van der Waals surface area contributed by atoms with E-state index in [1.165, 1.54) is 12.1 Å². The highest BCUT2D eigenvalue weighted by molar-refractivity contribution is 5.94. The molecular formula is C23H16O5. The predicted octanol–water partition coefficient (Wildman–Crippen LogP) is 4.44. The number of ether oxygens (including phenoxy) is 2. The zero-order valence-electron chi connectivity index (χ0n) is 14.8. The van der Waals surface area contributed by atoms with Gasteiger partial charge < -0.3 is 13.9 Å². The highest BCUT2D eigenvalue weighted by Crippen LogP contribution is 2.29. The molecule has 0 N–H and O–H groups in total. The van der Waals surface area contributed by atoms with Crippen LogP contribution in [0, 0.1) is 0 Å². The van der Waals surface area contributed by atoms with Crippen molar-refractivity contribution < 1.29 is 18.7 Å². The summed E-state index contributed by atoms with van der Waals surface area (Å²) in [5.41, 5.74) is 1.54. The summed E-state index contributed by atoms with van der Waals surface area (Å²) in [6, 6.07) is 25.0. The van der Waals surface area contributed by atoms with Gasteiger partial charge in [-0.2, -0.15) is 0 Å². The van der Waals surface area contributed by atoms with Crippen LogP contribution in [0.5, 0.6) is 11.5 Å². The van der Waals surface area contributed by atoms with Gasteiger partial charge in [0, 0.05) is 17.5 Å². The molecule has 0 bridgehead atoms. The summed E-state index contributed by atoms with van der Waals surface area (Å²) in [5, 5.41) is 0.756. The van der Waals surface area contributed by atoms with Gasteiger partial charge in [0.2, 0.25) is 0 Å². The molecule has 0 saturated heterocycles. The lowest BCUT2D eigenvalue weighted by Gasteiger charge is -2.09. The summed E-state index contributed by atoms with van der Waals surface area (Å²) in [5.74, 6) is 0.309. The molecule has 0 aliphatic carbocycles. The van der Waals surface area contributed by atoms with Gasteiger partial charge >= 0.3 is 11.6 Å². The maximum absolute atomic E-state index is 12.0. The maximum Gasteiger partial charge on any atom is 0.349 e. The van der Waals surface area contributed by atoms with Gasteiger partial charge in [-0.3, -0.25) is 0 Å². The third-order valence-electron chi connectivity index (χ3n) is 4.13. The van der Waals surface area contributed by atoms with Crippen LogP contribution in [0.25, 0.3) is 22.1 Å². The van der Waals surface area contributed by atoms with Gasteiger partial charge in [-0.15, -0.1) is 0 Å². The van der Waals surface area contributed by atoms with E-state index in [2.05, 4.69) is 0 Å². The number of benzene rings is 3. The topological polar surface area (TPSA) is 65.7 Å². The molecule has 1 aromatic heterocycles. The normalized spacial score (nSPS) is 10.6. The molecule has 0 aliphatic heterocycles. The molecule has 4 aromatic rings. The standard InChI is InChI=1S/C23H16O5/c24-22-14-20(16-7-3-1-4-8-16)19-12-11-18(13-21(19)28-22)27-23(25)15-26-17-9-5-2-6-10-17/h1-14H,15H2. The highest BCUT2D eigenvalue weighted by Gasteiger charge is 2.11. The Hall–Kier alpha value is -3.86. The van der Waals surface area contributed by atoms with Crippen LogP contribution < -0.4 is 15.1 Å². The summed E-state index contributed by atoms with van der Waals surface area (Å²) in [6.07, 6.45) is 0. The van der Waals surface area contributed by atoms with Crippen molar-refractivity contribution in [1.82, 2.24) is 0 Å². The highest BCUT2D eigenvalue weighted by atomic mass is 16.6. The molecule has 5 heteroatoms. The Bertz CT molecular complexity index is 1160. The lowest BCUT2D eigenvalue weighted by Crippen LogP contribution is -2.17. The quantitative estimate of drug-likeness (QED) is 0.294. The van der Waals surface area contributed by atoms with E-state index in [4.69, 9.17) is 13.9 Å². The molecule has 0 amide bonds. The summed E-state index contributed by atoms with van der Waals surface area (Å²) < 4.78 is 16.0. The average Bonchev–Trinajstić information content (AvgIpc) is 2.73. The van der Waals surface area contributed by atoms with Crippen molar-refractivity contribution in [3.05, 3.63) is 95.3 Å². The Morgan fingerprint density at radius 1 is 0.821 bits per heavy atom. The van der Waals surface area contributed by atoms with Gasteiger partial charge in [0.05, 0.1) is 0 Å². The van der Waals surface area contributed by atoms with Crippen LogP contribution in [0.15, 0.2) is 94.1 Å². The van der Waals surface area contributed by atoms with Crippen LogP contribution in [0.3, 0.4) is 0 Å². The fourth-order valence-electron chi connectivity index (χ4n) is 2.88. The van der Waals surface area contributed by atoms with E-state index in [0.717, 1.165) is 16.5 Å². The molecule has 0 radical (unpaired) electrons. The summed E-state index contributed by atoms with van der Waals surface area (Å²) in [4.78, 5) is 24.0. The number of hydrogen-bond donors (Lipinski definition) is 0. The molecule has 5 nitrogen and oxygen atoms in total. The Balaban J connectivity index is 1.56. The van der Waals surface area contributed by atoms with Crippen molar-refractivity contribution in [2.24, 2.45) is 0 Å². The van der Waals surface area contributed by atoms with Crippen molar-refractivity contribution in [2.45, 2.75) is 0 Å². The maximum atomic E-state index is 12.0. The molecule has 0 aliphatic rings. The largest absolute Gasteiger partial charge is 0.482 e. The summed E-state index contributed by atoms with van der Waals surface area (Å²) >= 11 is 0. The van der Waals surface area contributed by atoms with Gasteiger partial charge in [0.15, 0.2) is 6.61 Å². The van der Waals surface area contributed by atoms with Crippen molar-refractivity contribution in [1.29, 1.82) is 0 Å². The Kier molecular flexibility index (Phi) is 4.89. The first kappa shape index (κ1) is 17.5. The van der Waals surface area contributed by atoms with E-state index < -0.39 is 11.6 Å².